The fourth-order valence-corrected chi connectivity index (χ4v) is 16.0. The van der Waals surface area contributed by atoms with Crippen molar-refractivity contribution in [3.8, 4) is 0 Å². The summed E-state index contributed by atoms with van der Waals surface area (Å²) in [5, 5.41) is 151. The van der Waals surface area contributed by atoms with Crippen LogP contribution in [0.5, 0.6) is 0 Å². The first kappa shape index (κ1) is 60.0. The molecule has 22 heteroatoms. The smallest absolute Gasteiger partial charge is 0.187 e. The molecule has 0 spiro atoms. The minimum absolute atomic E-state index is 0.0610. The van der Waals surface area contributed by atoms with E-state index in [0.717, 1.165) is 24.8 Å². The average Bonchev–Trinajstić information content (AvgIpc) is 3.75. The summed E-state index contributed by atoms with van der Waals surface area (Å²) in [7, 11) is 0. The Morgan fingerprint density at radius 3 is 1.80 bits per heavy atom. The van der Waals surface area contributed by atoms with E-state index in [0.29, 0.717) is 38.5 Å². The van der Waals surface area contributed by atoms with Crippen molar-refractivity contribution in [3.63, 3.8) is 0 Å². The van der Waals surface area contributed by atoms with Crippen molar-refractivity contribution in [2.24, 2.45) is 45.3 Å². The van der Waals surface area contributed by atoms with E-state index in [1.54, 1.807) is 0 Å². The lowest BCUT2D eigenvalue weighted by molar-refractivity contribution is -0.371. The number of ether oxygens (including phenoxy) is 8. The van der Waals surface area contributed by atoms with E-state index in [1.165, 1.54) is 0 Å². The average molecular weight is 1080 g/mol. The van der Waals surface area contributed by atoms with Gasteiger partial charge in [0, 0.05) is 0 Å². The van der Waals surface area contributed by atoms with Gasteiger partial charge in [-0.2, -0.15) is 0 Å². The van der Waals surface area contributed by atoms with Gasteiger partial charge in [-0.25, -0.2) is 0 Å². The Labute approximate surface area is 439 Å². The van der Waals surface area contributed by atoms with Gasteiger partial charge in [0.05, 0.1) is 44.2 Å². The molecule has 8 aliphatic rings. The summed E-state index contributed by atoms with van der Waals surface area (Å²) in [4.78, 5) is 0. The molecular formula is C53H90O22. The van der Waals surface area contributed by atoms with E-state index < -0.39 is 165 Å². The van der Waals surface area contributed by atoms with Gasteiger partial charge in [0.1, 0.15) is 91.6 Å². The van der Waals surface area contributed by atoms with Crippen molar-refractivity contribution < 1.29 is 109 Å². The monoisotopic (exact) mass is 1080 g/mol. The lowest BCUT2D eigenvalue weighted by Gasteiger charge is -2.71. The molecule has 75 heavy (non-hydrogen) atoms. The zero-order valence-corrected chi connectivity index (χ0v) is 44.7. The Bertz CT molecular complexity index is 1940. The molecule has 4 aliphatic heterocycles. The lowest BCUT2D eigenvalue weighted by atomic mass is 9.35. The second kappa shape index (κ2) is 22.7. The zero-order valence-electron chi connectivity index (χ0n) is 44.7. The molecule has 4 heterocycles. The van der Waals surface area contributed by atoms with Gasteiger partial charge in [-0.1, -0.05) is 46.3 Å². The number of aliphatic hydroxyl groups excluding tert-OH is 14. The van der Waals surface area contributed by atoms with Crippen molar-refractivity contribution >= 4 is 0 Å². The van der Waals surface area contributed by atoms with Gasteiger partial charge >= 0.3 is 0 Å². The fourth-order valence-electron chi connectivity index (χ4n) is 16.0. The second-order valence-electron chi connectivity index (χ2n) is 25.3. The number of rotatable bonds is 15. The number of aliphatic hydroxyl groups is 14. The van der Waals surface area contributed by atoms with E-state index in [4.69, 9.17) is 37.9 Å². The summed E-state index contributed by atoms with van der Waals surface area (Å²) in [5.74, 6) is -0.389. The first-order chi connectivity index (χ1) is 35.1. The Morgan fingerprint density at radius 1 is 0.587 bits per heavy atom. The molecule has 8 fully saturated rings. The van der Waals surface area contributed by atoms with Crippen LogP contribution < -0.4 is 0 Å². The maximum absolute atomic E-state index is 12.8. The Morgan fingerprint density at radius 2 is 1.16 bits per heavy atom. The van der Waals surface area contributed by atoms with E-state index >= 15 is 0 Å². The molecule has 22 nitrogen and oxygen atoms in total. The Kier molecular flexibility index (Phi) is 18.1. The summed E-state index contributed by atoms with van der Waals surface area (Å²) in [5.41, 5.74) is -1.46. The third-order valence-corrected chi connectivity index (χ3v) is 20.5. The van der Waals surface area contributed by atoms with Crippen LogP contribution in [0.2, 0.25) is 0 Å². The highest BCUT2D eigenvalue weighted by molar-refractivity contribution is 5.20. The quantitative estimate of drug-likeness (QED) is 0.0651. The van der Waals surface area contributed by atoms with Gasteiger partial charge in [0.25, 0.3) is 0 Å². The van der Waals surface area contributed by atoms with Crippen molar-refractivity contribution in [1.82, 2.24) is 0 Å². The van der Waals surface area contributed by atoms with Gasteiger partial charge in [-0.05, 0) is 124 Å². The van der Waals surface area contributed by atoms with E-state index in [2.05, 4.69) is 40.7 Å². The van der Waals surface area contributed by atoms with Gasteiger partial charge in [0.15, 0.2) is 25.2 Å². The van der Waals surface area contributed by atoms with Crippen LogP contribution in [-0.4, -0.2) is 232 Å². The topological polar surface area (TPSA) is 357 Å². The van der Waals surface area contributed by atoms with E-state index in [-0.39, 0.29) is 41.1 Å². The van der Waals surface area contributed by atoms with Gasteiger partial charge < -0.3 is 109 Å². The molecule has 0 aromatic heterocycles. The normalized spacial score (nSPS) is 52.7. The predicted octanol–water partition coefficient (Wildman–Crippen LogP) is -1.56. The SMILES string of the molecule is CC(C)=CCC[C@](C)(O[C@@H]1O[C@H](CO[C@@H]2O[C@H](CO)[C@@H](O)[C@H](O)[C@H]2O)[C@@H](O)[C@H](O)[C@H]1O)[C@H]1CC[C@]2(C)[C@@H]1[C@H](O)C[C@@H]1[C@@]3(C)CC[C@H](O[C@@H]4O[C@H](CO)[C@@H](O)[C@H](O)[C@H]4O[C@@H]4OC[C@@H](O)[C@H](O)[C@H]4O)C(C)(C)C3CC[C@]12C. The molecule has 4 saturated heterocycles. The molecule has 4 saturated carbocycles. The maximum atomic E-state index is 12.8. The molecule has 0 radical (unpaired) electrons. The van der Waals surface area contributed by atoms with Crippen LogP contribution in [-0.2, 0) is 37.9 Å². The Hall–Kier alpha value is -1.14. The summed E-state index contributed by atoms with van der Waals surface area (Å²) < 4.78 is 48.8. The predicted molar refractivity (Wildman–Crippen MR) is 260 cm³/mol. The molecule has 29 atom stereocenters. The first-order valence-electron chi connectivity index (χ1n) is 27.3. The van der Waals surface area contributed by atoms with Crippen LogP contribution in [0.4, 0.5) is 0 Å². The molecule has 0 aromatic rings. The van der Waals surface area contributed by atoms with Crippen molar-refractivity contribution in [3.05, 3.63) is 11.6 Å². The molecule has 0 aromatic carbocycles. The van der Waals surface area contributed by atoms with Gasteiger partial charge in [-0.15, -0.1) is 0 Å². The zero-order chi connectivity index (χ0) is 55.1. The standard InChI is InChI=1S/C53H90O22/c1-23(2)10-9-14-53(8,75-47-43(67)39(63)37(61)29(72-47)22-69-45-42(66)38(62)35(59)27(19-54)70-45)24-11-16-52(7)33(24)25(56)18-31-50(5)15-13-32(49(3,4)30(50)12-17-51(31,52)6)73-48-44(40(64)36(60)28(20-55)71-48)74-46-41(65)34(58)26(57)21-68-46/h10,24-48,54-67H,9,11-22H2,1-8H3/t24-,25+,26+,27+,28+,29+,30?,31+,32-,33-,34-,35+,36+,37+,38-,39-,40-,41+,42+,43+,44+,45+,46-,47-,48-,50-,51+,52+,53-/m0/s1. The van der Waals surface area contributed by atoms with E-state index in [1.807, 2.05) is 20.8 Å². The van der Waals surface area contributed by atoms with E-state index in [9.17, 15) is 71.5 Å². The molecule has 8 rings (SSSR count). The largest absolute Gasteiger partial charge is 0.394 e. The first-order valence-corrected chi connectivity index (χ1v) is 27.3. The van der Waals surface area contributed by atoms with Crippen LogP contribution in [0.25, 0.3) is 0 Å². The summed E-state index contributed by atoms with van der Waals surface area (Å²) in [6, 6.07) is 0. The van der Waals surface area contributed by atoms with Crippen molar-refractivity contribution in [1.29, 1.82) is 0 Å². The molecular weight excluding hydrogens is 989 g/mol. The highest BCUT2D eigenvalue weighted by Gasteiger charge is 2.72. The van der Waals surface area contributed by atoms with Crippen LogP contribution in [0, 0.1) is 45.3 Å². The number of fused-ring (bicyclic) bond motifs is 5. The van der Waals surface area contributed by atoms with Crippen molar-refractivity contribution in [2.75, 3.05) is 26.4 Å². The fraction of sp³-hybridized carbons (Fsp3) is 0.962. The Balaban J connectivity index is 1.01. The maximum Gasteiger partial charge on any atom is 0.187 e. The van der Waals surface area contributed by atoms with Crippen LogP contribution in [0.1, 0.15) is 113 Å². The summed E-state index contributed by atoms with van der Waals surface area (Å²) in [6.07, 6.45) is -22.4. The minimum atomic E-state index is -1.75. The van der Waals surface area contributed by atoms with Gasteiger partial charge in [-0.3, -0.25) is 0 Å². The van der Waals surface area contributed by atoms with Crippen LogP contribution in [0.3, 0.4) is 0 Å². The van der Waals surface area contributed by atoms with Gasteiger partial charge in [0.2, 0.25) is 0 Å². The third-order valence-electron chi connectivity index (χ3n) is 20.5. The summed E-state index contributed by atoms with van der Waals surface area (Å²) >= 11 is 0. The molecule has 0 bridgehead atoms. The molecule has 14 N–H and O–H groups in total. The second-order valence-corrected chi connectivity index (χ2v) is 25.3. The molecule has 1 unspecified atom stereocenters. The number of hydrogen-bond donors (Lipinski definition) is 14. The highest BCUT2D eigenvalue weighted by atomic mass is 16.8. The third kappa shape index (κ3) is 10.6. The highest BCUT2D eigenvalue weighted by Crippen LogP contribution is 2.76. The molecule has 434 valence electrons. The number of hydrogen-bond acceptors (Lipinski definition) is 22. The molecule has 4 aliphatic carbocycles. The number of allylic oxidation sites excluding steroid dienone is 2. The summed E-state index contributed by atoms with van der Waals surface area (Å²) in [6.45, 7) is 15.1. The van der Waals surface area contributed by atoms with Crippen molar-refractivity contribution in [2.45, 2.75) is 248 Å². The van der Waals surface area contributed by atoms with Crippen LogP contribution >= 0.6 is 0 Å². The molecule has 0 amide bonds. The minimum Gasteiger partial charge on any atom is -0.394 e. The lowest BCUT2D eigenvalue weighted by Crippen LogP contribution is -2.68. The van der Waals surface area contributed by atoms with Crippen LogP contribution in [0.15, 0.2) is 11.6 Å².